The topological polar surface area (TPSA) is 38.0 Å². The Morgan fingerprint density at radius 1 is 1.28 bits per heavy atom. The van der Waals surface area contributed by atoms with Crippen LogP contribution in [0.3, 0.4) is 0 Å². The highest BCUT2D eigenvalue weighted by Gasteiger charge is 2.18. The Hall–Kier alpha value is -0.860. The molecule has 0 bridgehead atoms. The molecule has 3 unspecified atom stereocenters. The predicted molar refractivity (Wildman–Crippen MR) is 77.7 cm³/mol. The van der Waals surface area contributed by atoms with Crippen molar-refractivity contribution in [2.45, 2.75) is 45.1 Å². The van der Waals surface area contributed by atoms with Crippen molar-refractivity contribution in [3.8, 4) is 0 Å². The lowest BCUT2D eigenvalue weighted by Gasteiger charge is -2.17. The van der Waals surface area contributed by atoms with Gasteiger partial charge < -0.3 is 11.1 Å². The van der Waals surface area contributed by atoms with Crippen LogP contribution in [0.4, 0.5) is 0 Å². The molecule has 0 spiro atoms. The molecule has 1 aromatic carbocycles. The molecule has 0 aliphatic carbocycles. The summed E-state index contributed by atoms with van der Waals surface area (Å²) in [7, 11) is 0. The van der Waals surface area contributed by atoms with Gasteiger partial charge in [0.25, 0.3) is 0 Å². The van der Waals surface area contributed by atoms with Gasteiger partial charge in [-0.15, -0.1) is 0 Å². The van der Waals surface area contributed by atoms with Crippen molar-refractivity contribution in [2.24, 2.45) is 11.7 Å². The van der Waals surface area contributed by atoms with Gasteiger partial charge in [0, 0.05) is 6.04 Å². The largest absolute Gasteiger partial charge is 0.324 e. The van der Waals surface area contributed by atoms with E-state index >= 15 is 0 Å². The zero-order valence-corrected chi connectivity index (χ0v) is 11.7. The van der Waals surface area contributed by atoms with E-state index in [1.807, 2.05) is 0 Å². The molecule has 2 nitrogen and oxygen atoms in total. The average molecular weight is 246 g/mol. The van der Waals surface area contributed by atoms with Crippen molar-refractivity contribution in [3.63, 3.8) is 0 Å². The second-order valence-corrected chi connectivity index (χ2v) is 5.68. The van der Waals surface area contributed by atoms with Crippen molar-refractivity contribution in [1.82, 2.24) is 5.32 Å². The van der Waals surface area contributed by atoms with E-state index in [9.17, 15) is 0 Å². The summed E-state index contributed by atoms with van der Waals surface area (Å²) in [6, 6.07) is 9.12. The third-order valence-corrected chi connectivity index (χ3v) is 4.30. The number of nitrogens with one attached hydrogen (secondary N) is 1. The Balaban J connectivity index is 1.95. The lowest BCUT2D eigenvalue weighted by molar-refractivity contribution is 0.473. The molecule has 0 aromatic heterocycles. The van der Waals surface area contributed by atoms with Gasteiger partial charge in [0.1, 0.15) is 0 Å². The van der Waals surface area contributed by atoms with E-state index in [1.54, 1.807) is 0 Å². The van der Waals surface area contributed by atoms with Gasteiger partial charge in [-0.1, -0.05) is 38.1 Å². The fourth-order valence-electron chi connectivity index (χ4n) is 2.72. The highest BCUT2D eigenvalue weighted by atomic mass is 14.9. The van der Waals surface area contributed by atoms with Gasteiger partial charge in [0.05, 0.1) is 0 Å². The van der Waals surface area contributed by atoms with Crippen LogP contribution in [0.2, 0.25) is 0 Å². The Morgan fingerprint density at radius 3 is 2.50 bits per heavy atom. The van der Waals surface area contributed by atoms with Crippen molar-refractivity contribution < 1.29 is 0 Å². The molecule has 0 saturated carbocycles. The Labute approximate surface area is 111 Å². The minimum Gasteiger partial charge on any atom is -0.324 e. The molecule has 1 aromatic rings. The molecule has 3 atom stereocenters. The first-order chi connectivity index (χ1) is 8.70. The maximum absolute atomic E-state index is 6.31. The lowest BCUT2D eigenvalue weighted by Crippen LogP contribution is -2.17. The molecule has 1 heterocycles. The third kappa shape index (κ3) is 3.33. The summed E-state index contributed by atoms with van der Waals surface area (Å²) >= 11 is 0. The molecule has 1 aliphatic rings. The number of nitrogens with two attached hydrogens (primary N) is 1. The van der Waals surface area contributed by atoms with E-state index in [0.717, 1.165) is 25.4 Å². The second-order valence-electron chi connectivity index (χ2n) is 5.68. The van der Waals surface area contributed by atoms with Gasteiger partial charge in [-0.05, 0) is 55.3 Å². The molecular formula is C16H26N2. The van der Waals surface area contributed by atoms with E-state index in [-0.39, 0.29) is 6.04 Å². The van der Waals surface area contributed by atoms with Crippen LogP contribution in [0.15, 0.2) is 24.3 Å². The molecule has 18 heavy (non-hydrogen) atoms. The smallest absolute Gasteiger partial charge is 0.0297 e. The van der Waals surface area contributed by atoms with Crippen LogP contribution in [-0.2, 0) is 0 Å². The second kappa shape index (κ2) is 6.35. The maximum Gasteiger partial charge on any atom is 0.0297 e. The highest BCUT2D eigenvalue weighted by molar-refractivity contribution is 5.27. The number of rotatable bonds is 5. The molecule has 3 N–H and O–H groups in total. The zero-order valence-electron chi connectivity index (χ0n) is 11.7. The summed E-state index contributed by atoms with van der Waals surface area (Å²) in [5, 5.41) is 3.41. The number of benzene rings is 1. The molecular weight excluding hydrogens is 220 g/mol. The SMILES string of the molecule is CCC(C)c1ccc(C(N)CC2CCNC2)cc1. The normalized spacial score (nSPS) is 22.9. The molecule has 0 amide bonds. The number of hydrogen-bond acceptors (Lipinski definition) is 2. The van der Waals surface area contributed by atoms with Crippen LogP contribution in [0, 0.1) is 5.92 Å². The van der Waals surface area contributed by atoms with Crippen LogP contribution in [0.1, 0.15) is 56.2 Å². The van der Waals surface area contributed by atoms with Gasteiger partial charge >= 0.3 is 0 Å². The highest BCUT2D eigenvalue weighted by Crippen LogP contribution is 2.25. The van der Waals surface area contributed by atoms with Crippen LogP contribution >= 0.6 is 0 Å². The van der Waals surface area contributed by atoms with Gasteiger partial charge in [-0.25, -0.2) is 0 Å². The van der Waals surface area contributed by atoms with E-state index in [0.29, 0.717) is 5.92 Å². The monoisotopic (exact) mass is 246 g/mol. The number of hydrogen-bond donors (Lipinski definition) is 2. The maximum atomic E-state index is 6.31. The van der Waals surface area contributed by atoms with Gasteiger partial charge in [0.15, 0.2) is 0 Å². The van der Waals surface area contributed by atoms with Gasteiger partial charge in [-0.3, -0.25) is 0 Å². The third-order valence-electron chi connectivity index (χ3n) is 4.30. The summed E-state index contributed by atoms with van der Waals surface area (Å²) < 4.78 is 0. The van der Waals surface area contributed by atoms with Crippen molar-refractivity contribution in [1.29, 1.82) is 0 Å². The van der Waals surface area contributed by atoms with Crippen LogP contribution in [0.5, 0.6) is 0 Å². The van der Waals surface area contributed by atoms with E-state index in [1.165, 1.54) is 24.0 Å². The van der Waals surface area contributed by atoms with E-state index in [2.05, 4.69) is 43.4 Å². The molecule has 2 rings (SSSR count). The minimum atomic E-state index is 0.195. The predicted octanol–water partition coefficient (Wildman–Crippen LogP) is 3.20. The van der Waals surface area contributed by atoms with E-state index < -0.39 is 0 Å². The van der Waals surface area contributed by atoms with Crippen LogP contribution in [0.25, 0.3) is 0 Å². The average Bonchev–Trinajstić information content (AvgIpc) is 2.91. The van der Waals surface area contributed by atoms with Crippen molar-refractivity contribution in [3.05, 3.63) is 35.4 Å². The Kier molecular flexibility index (Phi) is 4.79. The Morgan fingerprint density at radius 2 is 1.94 bits per heavy atom. The molecule has 2 heteroatoms. The van der Waals surface area contributed by atoms with Crippen LogP contribution in [-0.4, -0.2) is 13.1 Å². The lowest BCUT2D eigenvalue weighted by atomic mass is 9.92. The first-order valence-corrected chi connectivity index (χ1v) is 7.26. The fourth-order valence-corrected chi connectivity index (χ4v) is 2.72. The summed E-state index contributed by atoms with van der Waals surface area (Å²) in [5.41, 5.74) is 9.02. The quantitative estimate of drug-likeness (QED) is 0.837. The first-order valence-electron chi connectivity index (χ1n) is 7.26. The zero-order chi connectivity index (χ0) is 13.0. The van der Waals surface area contributed by atoms with E-state index in [4.69, 9.17) is 5.73 Å². The van der Waals surface area contributed by atoms with Crippen molar-refractivity contribution >= 4 is 0 Å². The molecule has 0 radical (unpaired) electrons. The molecule has 1 aliphatic heterocycles. The standard InChI is InChI=1S/C16H26N2/c1-3-12(2)14-4-6-15(7-5-14)16(17)10-13-8-9-18-11-13/h4-7,12-13,16,18H,3,8-11,17H2,1-2H3. The minimum absolute atomic E-state index is 0.195. The molecule has 100 valence electrons. The summed E-state index contributed by atoms with van der Waals surface area (Å²) in [4.78, 5) is 0. The Bertz CT molecular complexity index is 352. The molecule has 1 saturated heterocycles. The fraction of sp³-hybridized carbons (Fsp3) is 0.625. The summed E-state index contributed by atoms with van der Waals surface area (Å²) in [5.74, 6) is 1.41. The van der Waals surface area contributed by atoms with Gasteiger partial charge in [-0.2, -0.15) is 0 Å². The first kappa shape index (κ1) is 13.6. The van der Waals surface area contributed by atoms with Crippen LogP contribution < -0.4 is 11.1 Å². The van der Waals surface area contributed by atoms with Gasteiger partial charge in [0.2, 0.25) is 0 Å². The van der Waals surface area contributed by atoms with Crippen molar-refractivity contribution in [2.75, 3.05) is 13.1 Å². The molecule has 1 fully saturated rings. The summed E-state index contributed by atoms with van der Waals surface area (Å²) in [6.45, 7) is 6.81. The summed E-state index contributed by atoms with van der Waals surface area (Å²) in [6.07, 6.45) is 3.58.